The van der Waals surface area contributed by atoms with Gasteiger partial charge in [0.05, 0.1) is 36.8 Å². The van der Waals surface area contributed by atoms with Crippen molar-refractivity contribution in [2.24, 2.45) is 5.92 Å². The first-order chi connectivity index (χ1) is 17.3. The molecular weight excluding hydrogens is 471 g/mol. The van der Waals surface area contributed by atoms with Crippen LogP contribution in [0.5, 0.6) is 0 Å². The van der Waals surface area contributed by atoms with E-state index in [4.69, 9.17) is 4.74 Å². The zero-order valence-electron chi connectivity index (χ0n) is 20.2. The highest BCUT2D eigenvalue weighted by molar-refractivity contribution is 5.88. The van der Waals surface area contributed by atoms with Gasteiger partial charge in [-0.15, -0.1) is 0 Å². The summed E-state index contributed by atoms with van der Waals surface area (Å²) < 4.78 is 47.0. The van der Waals surface area contributed by atoms with Gasteiger partial charge in [0.1, 0.15) is 23.6 Å². The predicted molar refractivity (Wildman–Crippen MR) is 130 cm³/mol. The highest BCUT2D eigenvalue weighted by Crippen LogP contribution is 2.35. The Kier molecular flexibility index (Phi) is 6.98. The molecule has 2 aromatic heterocycles. The molecule has 0 aliphatic carbocycles. The second kappa shape index (κ2) is 10.2. The van der Waals surface area contributed by atoms with Crippen LogP contribution in [0.3, 0.4) is 0 Å². The average Bonchev–Trinajstić information content (AvgIpc) is 3.27. The largest absolute Gasteiger partial charge is 0.416 e. The van der Waals surface area contributed by atoms with E-state index in [1.807, 2.05) is 12.3 Å². The summed E-state index contributed by atoms with van der Waals surface area (Å²) in [5.74, 6) is 1.47. The van der Waals surface area contributed by atoms with Crippen molar-refractivity contribution in [3.63, 3.8) is 0 Å². The summed E-state index contributed by atoms with van der Waals surface area (Å²) in [6.45, 7) is 6.31. The van der Waals surface area contributed by atoms with Gasteiger partial charge in [0.25, 0.3) is 0 Å². The number of hydrogen-bond acceptors (Lipinski definition) is 6. The van der Waals surface area contributed by atoms with Crippen LogP contribution in [-0.2, 0) is 22.3 Å². The zero-order chi connectivity index (χ0) is 25.3. The number of ketones is 1. The Bertz CT molecular complexity index is 1200. The summed E-state index contributed by atoms with van der Waals surface area (Å²) in [6.07, 6.45) is 1.29. The zero-order valence-corrected chi connectivity index (χ0v) is 20.2. The van der Waals surface area contributed by atoms with Crippen LogP contribution in [0.2, 0.25) is 0 Å². The molecule has 0 saturated carbocycles. The number of morpholine rings is 1. The lowest BCUT2D eigenvalue weighted by atomic mass is 9.96. The number of alkyl halides is 3. The molecule has 4 heterocycles. The van der Waals surface area contributed by atoms with Crippen LogP contribution in [0.4, 0.5) is 19.0 Å². The van der Waals surface area contributed by atoms with Crippen LogP contribution in [0.1, 0.15) is 36.9 Å². The Balaban J connectivity index is 1.36. The molecule has 7 nitrogen and oxygen atoms in total. The molecule has 10 heteroatoms. The van der Waals surface area contributed by atoms with Crippen LogP contribution >= 0.6 is 0 Å². The number of piperidine rings is 1. The third-order valence-corrected chi connectivity index (χ3v) is 7.17. The monoisotopic (exact) mass is 501 g/mol. The maximum Gasteiger partial charge on any atom is 0.416 e. The Hall–Kier alpha value is -2.98. The minimum Gasteiger partial charge on any atom is -0.377 e. The number of benzene rings is 1. The van der Waals surface area contributed by atoms with Crippen LogP contribution in [0, 0.1) is 5.92 Å². The number of carbonyl (C=O) groups excluding carboxylic acids is 1. The van der Waals surface area contributed by atoms with Gasteiger partial charge < -0.3 is 14.2 Å². The molecule has 2 fully saturated rings. The average molecular weight is 502 g/mol. The summed E-state index contributed by atoms with van der Waals surface area (Å²) in [5, 5.41) is 0.922. The van der Waals surface area contributed by atoms with Crippen molar-refractivity contribution in [2.45, 2.75) is 38.5 Å². The molecule has 1 atom stereocenters. The molecule has 36 heavy (non-hydrogen) atoms. The molecule has 0 N–H and O–H groups in total. The highest BCUT2D eigenvalue weighted by Gasteiger charge is 2.32. The number of rotatable bonds is 6. The number of anilines is 1. The Morgan fingerprint density at radius 3 is 2.53 bits per heavy atom. The SMILES string of the molecule is CC(=O)CN1CCC(Cn2ccc3c(N4CCOC[C@H]4c4ccc(C(F)(F)F)cc4)ncnc32)CC1. The number of nitrogens with zero attached hydrogens (tertiary/aromatic N) is 5. The van der Waals surface area contributed by atoms with Crippen molar-refractivity contribution in [3.05, 3.63) is 54.0 Å². The molecule has 0 unspecified atom stereocenters. The standard InChI is InChI=1S/C26H30F3N5O2/c1-18(35)14-32-9-6-19(7-10-32)15-33-11-8-22-24(33)30-17-31-25(22)34-12-13-36-16-23(34)20-2-4-21(5-3-20)26(27,28)29/h2-5,8,11,17,19,23H,6-7,9-10,12-16H2,1H3/t23-/m0/s1. The third-order valence-electron chi connectivity index (χ3n) is 7.17. The maximum atomic E-state index is 13.0. The van der Waals surface area contributed by atoms with Gasteiger partial charge >= 0.3 is 6.18 Å². The maximum absolute atomic E-state index is 13.0. The fraction of sp³-hybridized carbons (Fsp3) is 0.500. The van der Waals surface area contributed by atoms with Gasteiger partial charge in [-0.25, -0.2) is 9.97 Å². The minimum atomic E-state index is -4.37. The smallest absolute Gasteiger partial charge is 0.377 e. The first kappa shape index (κ1) is 24.7. The van der Waals surface area contributed by atoms with Crippen molar-refractivity contribution >= 4 is 22.6 Å². The van der Waals surface area contributed by atoms with Gasteiger partial charge in [0.15, 0.2) is 0 Å². The fourth-order valence-corrected chi connectivity index (χ4v) is 5.31. The van der Waals surface area contributed by atoms with Crippen LogP contribution in [0.25, 0.3) is 11.0 Å². The van der Waals surface area contributed by atoms with Crippen molar-refractivity contribution in [3.8, 4) is 0 Å². The number of hydrogen-bond donors (Lipinski definition) is 0. The normalized spacial score (nSPS) is 20.2. The quantitative estimate of drug-likeness (QED) is 0.501. The Morgan fingerprint density at radius 2 is 1.83 bits per heavy atom. The second-order valence-corrected chi connectivity index (χ2v) is 9.73. The molecule has 1 aromatic carbocycles. The van der Waals surface area contributed by atoms with Gasteiger partial charge in [0.2, 0.25) is 0 Å². The Morgan fingerprint density at radius 1 is 1.08 bits per heavy atom. The number of likely N-dealkylation sites (tertiary alicyclic amines) is 1. The number of fused-ring (bicyclic) bond motifs is 1. The first-order valence-electron chi connectivity index (χ1n) is 12.3. The Labute approximate surface area is 207 Å². The molecule has 0 radical (unpaired) electrons. The molecule has 0 spiro atoms. The molecule has 192 valence electrons. The molecule has 2 aliphatic rings. The second-order valence-electron chi connectivity index (χ2n) is 9.73. The fourth-order valence-electron chi connectivity index (χ4n) is 5.31. The van der Waals surface area contributed by atoms with E-state index in [-0.39, 0.29) is 11.8 Å². The minimum absolute atomic E-state index is 0.201. The molecule has 2 saturated heterocycles. The van der Waals surface area contributed by atoms with Crippen molar-refractivity contribution in [1.82, 2.24) is 19.4 Å². The van der Waals surface area contributed by atoms with Gasteiger partial charge in [0, 0.05) is 19.3 Å². The van der Waals surface area contributed by atoms with E-state index in [1.165, 1.54) is 12.1 Å². The number of ether oxygens (including phenoxy) is 1. The lowest BCUT2D eigenvalue weighted by Crippen LogP contribution is -2.40. The van der Waals surface area contributed by atoms with Gasteiger partial charge in [-0.1, -0.05) is 12.1 Å². The summed E-state index contributed by atoms with van der Waals surface area (Å²) in [4.78, 5) is 24.9. The lowest BCUT2D eigenvalue weighted by molar-refractivity contribution is -0.137. The van der Waals surface area contributed by atoms with Crippen LogP contribution in [-0.4, -0.2) is 64.6 Å². The lowest BCUT2D eigenvalue weighted by Gasteiger charge is -2.37. The first-order valence-corrected chi connectivity index (χ1v) is 12.3. The number of carbonyl (C=O) groups is 1. The highest BCUT2D eigenvalue weighted by atomic mass is 19.4. The van der Waals surface area contributed by atoms with Gasteiger partial charge in [-0.05, 0) is 62.5 Å². The third kappa shape index (κ3) is 5.24. The van der Waals surface area contributed by atoms with Gasteiger partial charge in [-0.2, -0.15) is 13.2 Å². The van der Waals surface area contributed by atoms with Crippen molar-refractivity contribution in [2.75, 3.05) is 44.3 Å². The molecule has 2 aliphatic heterocycles. The van der Waals surface area contributed by atoms with E-state index < -0.39 is 11.7 Å². The van der Waals surface area contributed by atoms with Crippen LogP contribution < -0.4 is 4.90 Å². The van der Waals surface area contributed by atoms with Crippen molar-refractivity contribution < 1.29 is 22.7 Å². The van der Waals surface area contributed by atoms with E-state index in [0.717, 1.165) is 67.0 Å². The summed E-state index contributed by atoms with van der Waals surface area (Å²) >= 11 is 0. The predicted octanol–water partition coefficient (Wildman–Crippen LogP) is 4.33. The summed E-state index contributed by atoms with van der Waals surface area (Å²) in [6, 6.07) is 7.07. The number of Topliss-reactive ketones (excluding diaryl/α,β-unsaturated/α-hetero) is 1. The topological polar surface area (TPSA) is 63.5 Å². The number of halogens is 3. The van der Waals surface area contributed by atoms with Crippen LogP contribution in [0.15, 0.2) is 42.9 Å². The van der Waals surface area contributed by atoms with E-state index in [9.17, 15) is 18.0 Å². The summed E-state index contributed by atoms with van der Waals surface area (Å²) in [7, 11) is 0. The summed E-state index contributed by atoms with van der Waals surface area (Å²) in [5.41, 5.74) is 0.943. The molecule has 5 rings (SSSR count). The molecule has 0 bridgehead atoms. The molecular formula is C26H30F3N5O2. The molecule has 3 aromatic rings. The van der Waals surface area contributed by atoms with Crippen molar-refractivity contribution in [1.29, 1.82) is 0 Å². The van der Waals surface area contributed by atoms with E-state index in [2.05, 4.69) is 24.3 Å². The van der Waals surface area contributed by atoms with E-state index in [1.54, 1.807) is 13.3 Å². The van der Waals surface area contributed by atoms with Gasteiger partial charge in [-0.3, -0.25) is 9.69 Å². The van der Waals surface area contributed by atoms with E-state index in [0.29, 0.717) is 32.2 Å². The molecule has 0 amide bonds. The van der Waals surface area contributed by atoms with E-state index >= 15 is 0 Å². The number of aromatic nitrogens is 3.